The molecule has 4 rings (SSSR count). The highest BCUT2D eigenvalue weighted by atomic mass is 16.4. The Balaban J connectivity index is 1.37. The van der Waals surface area contributed by atoms with Gasteiger partial charge in [0.15, 0.2) is 0 Å². The molecule has 1 aliphatic heterocycles. The summed E-state index contributed by atoms with van der Waals surface area (Å²) < 4.78 is 7.40. The van der Waals surface area contributed by atoms with E-state index in [0.717, 1.165) is 50.3 Å². The van der Waals surface area contributed by atoms with Crippen molar-refractivity contribution in [3.05, 3.63) is 59.3 Å². The smallest absolute Gasteiger partial charge is 0.309 e. The van der Waals surface area contributed by atoms with Crippen molar-refractivity contribution in [1.82, 2.24) is 30.3 Å². The molecule has 8 heteroatoms. The maximum Gasteiger partial charge on any atom is 0.309 e. The van der Waals surface area contributed by atoms with Gasteiger partial charge in [0.1, 0.15) is 11.6 Å². The molecule has 2 aromatic heterocycles. The molecular formula is C19H22N6O2. The van der Waals surface area contributed by atoms with Crippen LogP contribution < -0.4 is 5.32 Å². The van der Waals surface area contributed by atoms with Crippen LogP contribution >= 0.6 is 0 Å². The molecule has 0 aliphatic carbocycles. The number of fused-ring (bicyclic) bond motifs is 1. The molecule has 1 amide bonds. The van der Waals surface area contributed by atoms with Crippen molar-refractivity contribution in [1.29, 1.82) is 0 Å². The third kappa shape index (κ3) is 4.05. The number of benzene rings is 1. The predicted octanol–water partition coefficient (Wildman–Crippen LogP) is 1.89. The lowest BCUT2D eigenvalue weighted by atomic mass is 10.1. The summed E-state index contributed by atoms with van der Waals surface area (Å²) in [4.78, 5) is 12.2. The van der Waals surface area contributed by atoms with Crippen molar-refractivity contribution in [2.24, 2.45) is 0 Å². The Morgan fingerprint density at radius 2 is 2.00 bits per heavy atom. The van der Waals surface area contributed by atoms with Crippen LogP contribution in [-0.4, -0.2) is 36.9 Å². The lowest BCUT2D eigenvalue weighted by Gasteiger charge is -2.14. The van der Waals surface area contributed by atoms with Gasteiger partial charge in [-0.25, -0.2) is 0 Å². The molecule has 27 heavy (non-hydrogen) atoms. The minimum absolute atomic E-state index is 0.0136. The molecule has 0 fully saturated rings. The molecule has 0 bridgehead atoms. The summed E-state index contributed by atoms with van der Waals surface area (Å²) >= 11 is 0. The summed E-state index contributed by atoms with van der Waals surface area (Å²) in [7, 11) is 0. The summed E-state index contributed by atoms with van der Waals surface area (Å²) in [6.45, 7) is 2.46. The molecule has 8 nitrogen and oxygen atoms in total. The summed E-state index contributed by atoms with van der Waals surface area (Å²) in [6, 6.07) is 10.4. The monoisotopic (exact) mass is 366 g/mol. The van der Waals surface area contributed by atoms with E-state index in [0.29, 0.717) is 5.89 Å². The number of rotatable bonds is 5. The number of aryl methyl sites for hydroxylation is 4. The minimum atomic E-state index is -0.317. The van der Waals surface area contributed by atoms with Crippen molar-refractivity contribution in [2.75, 3.05) is 0 Å². The average molecular weight is 366 g/mol. The van der Waals surface area contributed by atoms with Crippen molar-refractivity contribution in [3.63, 3.8) is 0 Å². The number of carbonyl (C=O) groups excluding carboxylic acids is 1. The molecule has 140 valence electrons. The molecule has 3 heterocycles. The number of hydrogen-bond acceptors (Lipinski definition) is 6. The van der Waals surface area contributed by atoms with E-state index in [-0.39, 0.29) is 17.8 Å². The van der Waals surface area contributed by atoms with Gasteiger partial charge in [0.2, 0.25) is 5.89 Å². The van der Waals surface area contributed by atoms with Gasteiger partial charge in [-0.15, -0.1) is 20.4 Å². The fraction of sp³-hybridized carbons (Fsp3) is 0.421. The molecule has 1 aliphatic rings. The topological polar surface area (TPSA) is 98.7 Å². The number of carbonyl (C=O) groups is 1. The van der Waals surface area contributed by atoms with Crippen LogP contribution in [0.25, 0.3) is 0 Å². The molecule has 3 aromatic rings. The van der Waals surface area contributed by atoms with Crippen LogP contribution in [-0.2, 0) is 25.8 Å². The highest BCUT2D eigenvalue weighted by Crippen LogP contribution is 2.17. The Kier molecular flexibility index (Phi) is 4.95. The van der Waals surface area contributed by atoms with Gasteiger partial charge in [-0.05, 0) is 24.8 Å². The van der Waals surface area contributed by atoms with Crippen LogP contribution in [0.4, 0.5) is 0 Å². The quantitative estimate of drug-likeness (QED) is 0.740. The Labute approximate surface area is 157 Å². The second kappa shape index (κ2) is 7.69. The molecule has 0 spiro atoms. The number of amides is 1. The van der Waals surface area contributed by atoms with E-state index in [9.17, 15) is 4.79 Å². The van der Waals surface area contributed by atoms with E-state index in [2.05, 4.69) is 54.5 Å². The zero-order valence-corrected chi connectivity index (χ0v) is 15.3. The summed E-state index contributed by atoms with van der Waals surface area (Å²) in [5, 5.41) is 19.2. The minimum Gasteiger partial charge on any atom is -0.417 e. The summed E-state index contributed by atoms with van der Waals surface area (Å²) in [6.07, 6.45) is 4.22. The van der Waals surface area contributed by atoms with Gasteiger partial charge in [-0.1, -0.05) is 30.3 Å². The second-order valence-electron chi connectivity index (χ2n) is 6.79. The lowest BCUT2D eigenvalue weighted by molar-refractivity contribution is 0.0896. The van der Waals surface area contributed by atoms with Crippen molar-refractivity contribution < 1.29 is 9.21 Å². The molecule has 1 N–H and O–H groups in total. The Morgan fingerprint density at radius 3 is 2.78 bits per heavy atom. The fourth-order valence-electron chi connectivity index (χ4n) is 3.41. The maximum absolute atomic E-state index is 12.2. The van der Waals surface area contributed by atoms with Crippen LogP contribution in [0.1, 0.15) is 46.6 Å². The zero-order valence-electron chi connectivity index (χ0n) is 15.3. The van der Waals surface area contributed by atoms with Crippen molar-refractivity contribution in [3.8, 4) is 0 Å². The summed E-state index contributed by atoms with van der Waals surface area (Å²) in [5.74, 6) is 2.08. The highest BCUT2D eigenvalue weighted by molar-refractivity contribution is 5.89. The first kappa shape index (κ1) is 17.4. The van der Waals surface area contributed by atoms with Gasteiger partial charge >= 0.3 is 11.8 Å². The Hall–Kier alpha value is -3.03. The molecule has 1 aromatic carbocycles. The van der Waals surface area contributed by atoms with Gasteiger partial charge in [0, 0.05) is 32.4 Å². The van der Waals surface area contributed by atoms with Gasteiger partial charge in [-0.2, -0.15) is 0 Å². The van der Waals surface area contributed by atoms with E-state index in [4.69, 9.17) is 4.42 Å². The number of aromatic nitrogens is 5. The Morgan fingerprint density at radius 1 is 1.15 bits per heavy atom. The van der Waals surface area contributed by atoms with Crippen LogP contribution in [0.2, 0.25) is 0 Å². The first-order chi connectivity index (χ1) is 13.2. The number of nitrogens with one attached hydrogen (secondary N) is 1. The molecule has 0 radical (unpaired) electrons. The Bertz CT molecular complexity index is 917. The van der Waals surface area contributed by atoms with E-state index < -0.39 is 0 Å². The molecule has 0 saturated heterocycles. The van der Waals surface area contributed by atoms with E-state index >= 15 is 0 Å². The highest BCUT2D eigenvalue weighted by Gasteiger charge is 2.23. The van der Waals surface area contributed by atoms with E-state index in [1.54, 1.807) is 6.92 Å². The third-order valence-electron chi connectivity index (χ3n) is 4.86. The second-order valence-corrected chi connectivity index (χ2v) is 6.79. The van der Waals surface area contributed by atoms with Gasteiger partial charge < -0.3 is 14.3 Å². The van der Waals surface area contributed by atoms with Crippen LogP contribution in [0.5, 0.6) is 0 Å². The normalized spacial score (nSPS) is 16.6. The maximum atomic E-state index is 12.2. The zero-order chi connectivity index (χ0) is 18.6. The lowest BCUT2D eigenvalue weighted by Crippen LogP contribution is -2.35. The van der Waals surface area contributed by atoms with Crippen LogP contribution in [0.3, 0.4) is 0 Å². The summed E-state index contributed by atoms with van der Waals surface area (Å²) in [5.41, 5.74) is 1.29. The van der Waals surface area contributed by atoms with Crippen molar-refractivity contribution >= 4 is 5.91 Å². The van der Waals surface area contributed by atoms with Gasteiger partial charge in [0.25, 0.3) is 0 Å². The molecule has 1 atom stereocenters. The van der Waals surface area contributed by atoms with Crippen LogP contribution in [0.15, 0.2) is 34.7 Å². The first-order valence-corrected chi connectivity index (χ1v) is 9.25. The third-order valence-corrected chi connectivity index (χ3v) is 4.86. The number of nitrogens with zero attached hydrogens (tertiary/aromatic N) is 5. The van der Waals surface area contributed by atoms with Crippen molar-refractivity contribution in [2.45, 2.75) is 51.6 Å². The predicted molar refractivity (Wildman–Crippen MR) is 97.1 cm³/mol. The first-order valence-electron chi connectivity index (χ1n) is 9.25. The van der Waals surface area contributed by atoms with Gasteiger partial charge in [0.05, 0.1) is 0 Å². The standard InChI is InChI=1S/C19H22N6O2/c1-13-21-24-19(27-13)18(26)20-15-8-10-17-23-22-16(25(17)12-11-15)9-7-14-5-3-2-4-6-14/h2-6,15H,7-12H2,1H3,(H,20,26). The van der Waals surface area contributed by atoms with Crippen LogP contribution in [0, 0.1) is 6.92 Å². The fourth-order valence-corrected chi connectivity index (χ4v) is 3.41. The largest absolute Gasteiger partial charge is 0.417 e. The van der Waals surface area contributed by atoms with E-state index in [1.807, 2.05) is 6.07 Å². The molecular weight excluding hydrogens is 344 g/mol. The van der Waals surface area contributed by atoms with Gasteiger partial charge in [-0.3, -0.25) is 4.79 Å². The average Bonchev–Trinajstić information content (AvgIpc) is 3.24. The van der Waals surface area contributed by atoms with E-state index in [1.165, 1.54) is 5.56 Å². The number of hydrogen-bond donors (Lipinski definition) is 1. The molecule has 0 saturated carbocycles. The SMILES string of the molecule is Cc1nnc(C(=O)NC2CCc3nnc(CCc4ccccc4)n3CC2)o1. The molecule has 1 unspecified atom stereocenters.